The third-order valence-corrected chi connectivity index (χ3v) is 3.55. The molecule has 8 heteroatoms. The van der Waals surface area contributed by atoms with E-state index in [0.717, 1.165) is 5.56 Å². The highest BCUT2D eigenvalue weighted by Gasteiger charge is 2.31. The quantitative estimate of drug-likeness (QED) is 0.759. The van der Waals surface area contributed by atoms with Gasteiger partial charge in [0.2, 0.25) is 5.91 Å². The molecule has 0 bridgehead atoms. The van der Waals surface area contributed by atoms with Gasteiger partial charge in [0.05, 0.1) is 0 Å². The zero-order chi connectivity index (χ0) is 18.3. The molecule has 0 saturated heterocycles. The van der Waals surface area contributed by atoms with E-state index in [9.17, 15) is 18.0 Å². The predicted octanol–water partition coefficient (Wildman–Crippen LogP) is 3.76. The Hall–Kier alpha value is -2.25. The molecule has 2 aromatic rings. The molecule has 26 heavy (non-hydrogen) atoms. The van der Waals surface area contributed by atoms with Gasteiger partial charge in [0, 0.05) is 19.0 Å². The number of carbonyl (C=O) groups excluding carboxylic acids is 1. The summed E-state index contributed by atoms with van der Waals surface area (Å²) in [4.78, 5) is 11.9. The largest absolute Gasteiger partial charge is 0.573 e. The molecular weight excluding hydrogens is 369 g/mol. The van der Waals surface area contributed by atoms with Gasteiger partial charge in [0.25, 0.3) is 0 Å². The first kappa shape index (κ1) is 21.8. The van der Waals surface area contributed by atoms with Crippen molar-refractivity contribution in [1.29, 1.82) is 0 Å². The Morgan fingerprint density at radius 1 is 1.08 bits per heavy atom. The molecule has 1 unspecified atom stereocenters. The van der Waals surface area contributed by atoms with Crippen molar-refractivity contribution in [2.75, 3.05) is 6.54 Å². The van der Waals surface area contributed by atoms with Crippen molar-refractivity contribution in [2.24, 2.45) is 5.73 Å². The van der Waals surface area contributed by atoms with Crippen LogP contribution >= 0.6 is 12.4 Å². The first-order valence-electron chi connectivity index (χ1n) is 7.76. The third-order valence-electron chi connectivity index (χ3n) is 3.55. The van der Waals surface area contributed by atoms with Crippen molar-refractivity contribution < 1.29 is 22.7 Å². The van der Waals surface area contributed by atoms with E-state index < -0.39 is 12.4 Å². The number of rotatable bonds is 7. The lowest BCUT2D eigenvalue weighted by atomic mass is 10.0. The first-order valence-corrected chi connectivity index (χ1v) is 7.76. The summed E-state index contributed by atoms with van der Waals surface area (Å²) in [5.74, 6) is -0.518. The molecule has 4 nitrogen and oxygen atoms in total. The minimum Gasteiger partial charge on any atom is -0.406 e. The Balaban J connectivity index is 0.00000338. The van der Waals surface area contributed by atoms with Gasteiger partial charge in [0.1, 0.15) is 5.75 Å². The molecule has 0 saturated carbocycles. The Kier molecular flexibility index (Phi) is 8.41. The zero-order valence-corrected chi connectivity index (χ0v) is 14.6. The highest BCUT2D eigenvalue weighted by Crippen LogP contribution is 2.26. The number of carbonyl (C=O) groups is 1. The van der Waals surface area contributed by atoms with Crippen molar-refractivity contribution in [2.45, 2.75) is 25.2 Å². The number of hydrogen-bond acceptors (Lipinski definition) is 3. The average molecular weight is 389 g/mol. The van der Waals surface area contributed by atoms with Crippen LogP contribution in [-0.2, 0) is 11.2 Å². The van der Waals surface area contributed by atoms with E-state index in [1.54, 1.807) is 6.07 Å². The maximum atomic E-state index is 12.4. The van der Waals surface area contributed by atoms with Gasteiger partial charge < -0.3 is 15.8 Å². The van der Waals surface area contributed by atoms with E-state index in [1.807, 2.05) is 30.3 Å². The van der Waals surface area contributed by atoms with Crippen LogP contribution < -0.4 is 15.8 Å². The second-order valence-corrected chi connectivity index (χ2v) is 5.48. The van der Waals surface area contributed by atoms with Crippen LogP contribution in [0.3, 0.4) is 0 Å². The van der Waals surface area contributed by atoms with E-state index in [1.165, 1.54) is 18.2 Å². The molecule has 0 spiro atoms. The number of para-hydroxylation sites is 1. The van der Waals surface area contributed by atoms with Gasteiger partial charge in [-0.15, -0.1) is 25.6 Å². The highest BCUT2D eigenvalue weighted by atomic mass is 35.5. The molecule has 3 N–H and O–H groups in total. The molecule has 0 aromatic heterocycles. The predicted molar refractivity (Wildman–Crippen MR) is 95.1 cm³/mol. The van der Waals surface area contributed by atoms with Crippen LogP contribution in [0.15, 0.2) is 54.6 Å². The molecule has 2 rings (SSSR count). The summed E-state index contributed by atoms with van der Waals surface area (Å²) in [7, 11) is 0. The molecular formula is C18H20ClF3N2O2. The molecule has 2 aromatic carbocycles. The Morgan fingerprint density at radius 2 is 1.69 bits per heavy atom. The standard InChI is InChI=1S/C18H19F3N2O2.ClH/c19-18(20,21)25-16-9-5-4-8-14(16)10-11-23-17(24)12-15(22)13-6-2-1-3-7-13;/h1-9,15H,10-12,22H2,(H,23,24);1H. The van der Waals surface area contributed by atoms with Gasteiger partial charge in [-0.3, -0.25) is 4.79 Å². The summed E-state index contributed by atoms with van der Waals surface area (Å²) in [6.07, 6.45) is -4.43. The number of nitrogens with one attached hydrogen (secondary N) is 1. The highest BCUT2D eigenvalue weighted by molar-refractivity contribution is 5.85. The molecule has 0 aliphatic carbocycles. The molecule has 0 aliphatic heterocycles. The van der Waals surface area contributed by atoms with Gasteiger partial charge in [0.15, 0.2) is 0 Å². The first-order chi connectivity index (χ1) is 11.8. The fourth-order valence-electron chi connectivity index (χ4n) is 2.36. The molecule has 0 fully saturated rings. The number of hydrogen-bond donors (Lipinski definition) is 2. The van der Waals surface area contributed by atoms with Crippen molar-refractivity contribution in [3.8, 4) is 5.75 Å². The maximum absolute atomic E-state index is 12.4. The molecule has 0 radical (unpaired) electrons. The van der Waals surface area contributed by atoms with Crippen LogP contribution in [-0.4, -0.2) is 18.8 Å². The molecule has 142 valence electrons. The van der Waals surface area contributed by atoms with Crippen molar-refractivity contribution in [1.82, 2.24) is 5.32 Å². The molecule has 1 atom stereocenters. The van der Waals surface area contributed by atoms with Crippen LogP contribution in [0.1, 0.15) is 23.6 Å². The van der Waals surface area contributed by atoms with Crippen LogP contribution in [0.2, 0.25) is 0 Å². The lowest BCUT2D eigenvalue weighted by molar-refractivity contribution is -0.274. The fraction of sp³-hybridized carbons (Fsp3) is 0.278. The molecule has 1 amide bonds. The van der Waals surface area contributed by atoms with Crippen molar-refractivity contribution >= 4 is 18.3 Å². The number of nitrogens with two attached hydrogens (primary N) is 1. The van der Waals surface area contributed by atoms with Crippen LogP contribution in [0.4, 0.5) is 13.2 Å². The Bertz CT molecular complexity index is 696. The fourth-order valence-corrected chi connectivity index (χ4v) is 2.36. The SMILES string of the molecule is Cl.NC(CC(=O)NCCc1ccccc1OC(F)(F)F)c1ccccc1. The minimum atomic E-state index is -4.75. The van der Waals surface area contributed by atoms with Gasteiger partial charge in [-0.25, -0.2) is 0 Å². The minimum absolute atomic E-state index is 0. The lowest BCUT2D eigenvalue weighted by Gasteiger charge is -2.14. The van der Waals surface area contributed by atoms with Crippen LogP contribution in [0.25, 0.3) is 0 Å². The maximum Gasteiger partial charge on any atom is 0.573 e. The second-order valence-electron chi connectivity index (χ2n) is 5.48. The molecule has 0 aliphatic rings. The van der Waals surface area contributed by atoms with Crippen LogP contribution in [0, 0.1) is 0 Å². The van der Waals surface area contributed by atoms with E-state index in [-0.39, 0.29) is 43.5 Å². The summed E-state index contributed by atoms with van der Waals surface area (Å²) in [6.45, 7) is 0.193. The number of ether oxygens (including phenoxy) is 1. The monoisotopic (exact) mass is 388 g/mol. The second kappa shape index (κ2) is 10.0. The smallest absolute Gasteiger partial charge is 0.406 e. The van der Waals surface area contributed by atoms with Crippen molar-refractivity contribution in [3.05, 3.63) is 65.7 Å². The third kappa shape index (κ3) is 7.33. The van der Waals surface area contributed by atoms with Gasteiger partial charge in [-0.1, -0.05) is 48.5 Å². The summed E-state index contributed by atoms with van der Waals surface area (Å²) >= 11 is 0. The van der Waals surface area contributed by atoms with Gasteiger partial charge in [-0.05, 0) is 23.6 Å². The number of benzene rings is 2. The lowest BCUT2D eigenvalue weighted by Crippen LogP contribution is -2.29. The summed E-state index contributed by atoms with van der Waals surface area (Å²) < 4.78 is 41.1. The topological polar surface area (TPSA) is 64.4 Å². The van der Waals surface area contributed by atoms with Gasteiger partial charge >= 0.3 is 6.36 Å². The van der Waals surface area contributed by atoms with Gasteiger partial charge in [-0.2, -0.15) is 0 Å². The van der Waals surface area contributed by atoms with E-state index in [2.05, 4.69) is 10.1 Å². The normalized spacial score (nSPS) is 12.0. The zero-order valence-electron chi connectivity index (χ0n) is 13.8. The summed E-state index contributed by atoms with van der Waals surface area (Å²) in [5.41, 5.74) is 7.18. The van der Waals surface area contributed by atoms with Crippen molar-refractivity contribution in [3.63, 3.8) is 0 Å². The van der Waals surface area contributed by atoms with Crippen LogP contribution in [0.5, 0.6) is 5.75 Å². The number of halogens is 4. The number of alkyl halides is 3. The Labute approximate surface area is 155 Å². The average Bonchev–Trinajstić information content (AvgIpc) is 2.56. The summed E-state index contributed by atoms with van der Waals surface area (Å²) in [6, 6.07) is 14.6. The van der Waals surface area contributed by atoms with E-state index in [0.29, 0.717) is 5.56 Å². The number of amides is 1. The van der Waals surface area contributed by atoms with E-state index in [4.69, 9.17) is 5.73 Å². The molecule has 0 heterocycles. The Morgan fingerprint density at radius 3 is 2.35 bits per heavy atom. The summed E-state index contributed by atoms with van der Waals surface area (Å²) in [5, 5.41) is 2.67. The van der Waals surface area contributed by atoms with E-state index >= 15 is 0 Å².